The zero-order chi connectivity index (χ0) is 17.1. The van der Waals surface area contributed by atoms with E-state index in [2.05, 4.69) is 36.1 Å². The zero-order valence-corrected chi connectivity index (χ0v) is 15.0. The van der Waals surface area contributed by atoms with E-state index < -0.39 is 0 Å². The van der Waals surface area contributed by atoms with E-state index in [0.717, 1.165) is 32.2 Å². The van der Waals surface area contributed by atoms with Crippen LogP contribution in [0.15, 0.2) is 76.5 Å². The molecule has 1 N–H and O–H groups in total. The topological polar surface area (TPSA) is 23.5 Å². The van der Waals surface area contributed by atoms with E-state index in [4.69, 9.17) is 0 Å². The highest BCUT2D eigenvalue weighted by Gasteiger charge is 2.15. The maximum Gasteiger partial charge on any atom is 0.137 e. The molecule has 2 nitrogen and oxygen atoms in total. The molecule has 0 aliphatic heterocycles. The normalized spacial score (nSPS) is 10.6. The van der Waals surface area contributed by atoms with E-state index in [1.165, 1.54) is 0 Å². The Kier molecular flexibility index (Phi) is 4.81. The third-order valence-electron chi connectivity index (χ3n) is 3.87. The van der Waals surface area contributed by atoms with Gasteiger partial charge in [-0.1, -0.05) is 48.2 Å². The van der Waals surface area contributed by atoms with Gasteiger partial charge in [-0.3, -0.25) is 0 Å². The minimum absolute atomic E-state index is 0.337. The Morgan fingerprint density at radius 2 is 1.50 bits per heavy atom. The summed E-state index contributed by atoms with van der Waals surface area (Å²) in [5, 5.41) is 10.9. The number of phenols is 1. The average molecular weight is 335 g/mol. The van der Waals surface area contributed by atoms with Crippen LogP contribution in [0.5, 0.6) is 5.75 Å². The highest BCUT2D eigenvalue weighted by molar-refractivity contribution is 7.99. The summed E-state index contributed by atoms with van der Waals surface area (Å²) in [6, 6.07) is 22.4. The van der Waals surface area contributed by atoms with Gasteiger partial charge in [0.1, 0.15) is 5.75 Å². The predicted octanol–water partition coefficient (Wildman–Crippen LogP) is 5.58. The number of phenolic OH excluding ortho intramolecular Hbond substituents is 1. The lowest BCUT2D eigenvalue weighted by atomic mass is 10.00. The number of anilines is 1. The van der Waals surface area contributed by atoms with Gasteiger partial charge < -0.3 is 10.0 Å². The first-order valence-electron chi connectivity index (χ1n) is 7.89. The van der Waals surface area contributed by atoms with Crippen LogP contribution in [-0.2, 0) is 0 Å². The third-order valence-corrected chi connectivity index (χ3v) is 4.91. The molecule has 24 heavy (non-hydrogen) atoms. The maximum atomic E-state index is 10.9. The monoisotopic (exact) mass is 335 g/mol. The van der Waals surface area contributed by atoms with Crippen molar-refractivity contribution >= 4 is 17.4 Å². The fourth-order valence-electron chi connectivity index (χ4n) is 2.74. The average Bonchev–Trinajstić information content (AvgIpc) is 2.58. The van der Waals surface area contributed by atoms with Gasteiger partial charge in [-0.15, -0.1) is 0 Å². The van der Waals surface area contributed by atoms with E-state index in [0.29, 0.717) is 5.75 Å². The summed E-state index contributed by atoms with van der Waals surface area (Å²) in [6.07, 6.45) is 0. The van der Waals surface area contributed by atoms with E-state index in [-0.39, 0.29) is 0 Å². The Bertz CT molecular complexity index is 844. The van der Waals surface area contributed by atoms with Crippen molar-refractivity contribution in [1.29, 1.82) is 0 Å². The second-order valence-electron chi connectivity index (χ2n) is 5.99. The molecule has 0 unspecified atom stereocenters. The minimum Gasteiger partial charge on any atom is -0.506 e. The van der Waals surface area contributed by atoms with Gasteiger partial charge in [0, 0.05) is 35.8 Å². The molecule has 3 heteroatoms. The second-order valence-corrected chi connectivity index (χ2v) is 7.10. The molecule has 3 rings (SSSR count). The lowest BCUT2D eigenvalue weighted by Crippen LogP contribution is -2.09. The summed E-state index contributed by atoms with van der Waals surface area (Å²) in [4.78, 5) is 4.07. The molecule has 0 aromatic heterocycles. The first-order valence-corrected chi connectivity index (χ1v) is 8.71. The Balaban J connectivity index is 2.10. The van der Waals surface area contributed by atoms with Gasteiger partial charge in [-0.05, 0) is 42.8 Å². The smallest absolute Gasteiger partial charge is 0.137 e. The number of aromatic hydroxyl groups is 1. The molecule has 0 bridgehead atoms. The molecule has 0 saturated heterocycles. The standard InChI is InChI=1S/C21H21NOS/c1-15-13-18(17-11-7-8-12-19(17)22(2)3)21(23)20(14-15)24-16-9-5-4-6-10-16/h4-14,23H,1-3H3. The van der Waals surface area contributed by atoms with Crippen LogP contribution in [0.2, 0.25) is 0 Å². The van der Waals surface area contributed by atoms with Crippen molar-refractivity contribution in [2.75, 3.05) is 19.0 Å². The number of aryl methyl sites for hydroxylation is 1. The summed E-state index contributed by atoms with van der Waals surface area (Å²) in [5.41, 5.74) is 4.14. The first kappa shape index (κ1) is 16.5. The molecule has 0 spiro atoms. The first-order chi connectivity index (χ1) is 11.6. The molecule has 0 fully saturated rings. The minimum atomic E-state index is 0.337. The molecule has 0 amide bonds. The van der Waals surface area contributed by atoms with Crippen molar-refractivity contribution in [3.05, 3.63) is 72.3 Å². The van der Waals surface area contributed by atoms with Gasteiger partial charge in [0.15, 0.2) is 0 Å². The fraction of sp³-hybridized carbons (Fsp3) is 0.143. The SMILES string of the molecule is Cc1cc(Sc2ccccc2)c(O)c(-c2ccccc2N(C)C)c1. The number of hydrogen-bond acceptors (Lipinski definition) is 3. The lowest BCUT2D eigenvalue weighted by molar-refractivity contribution is 0.464. The highest BCUT2D eigenvalue weighted by atomic mass is 32.2. The van der Waals surface area contributed by atoms with Gasteiger partial charge in [0.05, 0.1) is 4.90 Å². The molecule has 3 aromatic rings. The fourth-order valence-corrected chi connectivity index (χ4v) is 3.73. The van der Waals surface area contributed by atoms with Gasteiger partial charge in [-0.2, -0.15) is 0 Å². The predicted molar refractivity (Wildman–Crippen MR) is 103 cm³/mol. The summed E-state index contributed by atoms with van der Waals surface area (Å²) < 4.78 is 0. The summed E-state index contributed by atoms with van der Waals surface area (Å²) >= 11 is 1.59. The van der Waals surface area contributed by atoms with Crippen molar-refractivity contribution in [1.82, 2.24) is 0 Å². The van der Waals surface area contributed by atoms with Crippen LogP contribution in [0.25, 0.3) is 11.1 Å². The van der Waals surface area contributed by atoms with Gasteiger partial charge >= 0.3 is 0 Å². The molecule has 3 aromatic carbocycles. The molecule has 0 radical (unpaired) electrons. The summed E-state index contributed by atoms with van der Waals surface area (Å²) in [6.45, 7) is 2.07. The Morgan fingerprint density at radius 3 is 2.21 bits per heavy atom. The molecule has 0 saturated carbocycles. The Labute approximate surface area is 147 Å². The summed E-state index contributed by atoms with van der Waals surface area (Å²) in [5.74, 6) is 0.337. The van der Waals surface area contributed by atoms with Crippen molar-refractivity contribution in [2.45, 2.75) is 16.7 Å². The maximum absolute atomic E-state index is 10.9. The quantitative estimate of drug-likeness (QED) is 0.673. The lowest BCUT2D eigenvalue weighted by Gasteiger charge is -2.19. The van der Waals surface area contributed by atoms with Crippen molar-refractivity contribution in [2.24, 2.45) is 0 Å². The largest absolute Gasteiger partial charge is 0.506 e. The third kappa shape index (κ3) is 3.41. The Morgan fingerprint density at radius 1 is 0.833 bits per heavy atom. The van der Waals surface area contributed by atoms with E-state index in [9.17, 15) is 5.11 Å². The van der Waals surface area contributed by atoms with Crippen molar-refractivity contribution in [3.63, 3.8) is 0 Å². The summed E-state index contributed by atoms with van der Waals surface area (Å²) in [7, 11) is 4.04. The second kappa shape index (κ2) is 7.02. The highest BCUT2D eigenvalue weighted by Crippen LogP contribution is 2.43. The molecular weight excluding hydrogens is 314 g/mol. The van der Waals surface area contributed by atoms with Gasteiger partial charge in [0.25, 0.3) is 0 Å². The molecule has 0 atom stereocenters. The number of nitrogens with zero attached hydrogens (tertiary/aromatic N) is 1. The van der Waals surface area contributed by atoms with Gasteiger partial charge in [0.2, 0.25) is 0 Å². The van der Waals surface area contributed by atoms with Gasteiger partial charge in [-0.25, -0.2) is 0 Å². The van der Waals surface area contributed by atoms with E-state index in [1.807, 2.05) is 56.6 Å². The molecule has 0 heterocycles. The van der Waals surface area contributed by atoms with Crippen LogP contribution in [0, 0.1) is 6.92 Å². The molecule has 0 aliphatic rings. The Hall–Kier alpha value is -2.39. The van der Waals surface area contributed by atoms with Crippen LogP contribution in [0.3, 0.4) is 0 Å². The molecule has 0 aliphatic carbocycles. The van der Waals surface area contributed by atoms with Crippen LogP contribution >= 0.6 is 11.8 Å². The van der Waals surface area contributed by atoms with Crippen LogP contribution in [-0.4, -0.2) is 19.2 Å². The van der Waals surface area contributed by atoms with Crippen LogP contribution < -0.4 is 4.90 Å². The van der Waals surface area contributed by atoms with Crippen molar-refractivity contribution in [3.8, 4) is 16.9 Å². The van der Waals surface area contributed by atoms with Crippen LogP contribution in [0.4, 0.5) is 5.69 Å². The van der Waals surface area contributed by atoms with E-state index in [1.54, 1.807) is 11.8 Å². The number of hydrogen-bond donors (Lipinski definition) is 1. The van der Waals surface area contributed by atoms with E-state index >= 15 is 0 Å². The number of rotatable bonds is 4. The number of para-hydroxylation sites is 1. The number of benzene rings is 3. The zero-order valence-electron chi connectivity index (χ0n) is 14.2. The molecule has 122 valence electrons. The molecular formula is C21H21NOS. The van der Waals surface area contributed by atoms with Crippen molar-refractivity contribution < 1.29 is 5.11 Å². The van der Waals surface area contributed by atoms with Crippen LogP contribution in [0.1, 0.15) is 5.56 Å².